The molecular weight excluding hydrogens is 420 g/mol. The Hall–Kier alpha value is -3.39. The maximum Gasteiger partial charge on any atom is 0.328 e. The van der Waals surface area contributed by atoms with Crippen LogP contribution in [0.1, 0.15) is 24.8 Å². The number of urea groups is 2. The zero-order valence-corrected chi connectivity index (χ0v) is 19.0. The van der Waals surface area contributed by atoms with Gasteiger partial charge in [-0.05, 0) is 54.7 Å². The van der Waals surface area contributed by atoms with Gasteiger partial charge in [0.15, 0.2) is 0 Å². The van der Waals surface area contributed by atoms with Gasteiger partial charge in [0, 0.05) is 44.5 Å². The van der Waals surface area contributed by atoms with Gasteiger partial charge in [0.2, 0.25) is 5.91 Å². The molecule has 2 aliphatic heterocycles. The molecule has 3 aliphatic rings. The molecule has 8 nitrogen and oxygen atoms in total. The van der Waals surface area contributed by atoms with Gasteiger partial charge in [0.25, 0.3) is 0 Å². The molecule has 1 saturated carbocycles. The molecule has 8 heteroatoms. The second-order valence-electron chi connectivity index (χ2n) is 9.01. The summed E-state index contributed by atoms with van der Waals surface area (Å²) in [5, 5.41) is 2.39. The number of carbonyl (C=O) groups excluding carboxylic acids is 3. The van der Waals surface area contributed by atoms with Crippen molar-refractivity contribution < 1.29 is 19.1 Å². The van der Waals surface area contributed by atoms with Crippen molar-refractivity contribution in [1.29, 1.82) is 0 Å². The van der Waals surface area contributed by atoms with Crippen LogP contribution in [0.25, 0.3) is 11.1 Å². The molecular formula is C25H28N4O4. The van der Waals surface area contributed by atoms with Crippen LogP contribution in [0, 0.1) is 6.92 Å². The van der Waals surface area contributed by atoms with E-state index in [0.717, 1.165) is 47.5 Å². The minimum atomic E-state index is -0.387. The van der Waals surface area contributed by atoms with Crippen molar-refractivity contribution in [2.24, 2.45) is 0 Å². The van der Waals surface area contributed by atoms with E-state index in [1.165, 1.54) is 0 Å². The second-order valence-corrected chi connectivity index (χ2v) is 9.01. The Balaban J connectivity index is 1.40. The van der Waals surface area contributed by atoms with Crippen LogP contribution >= 0.6 is 0 Å². The highest BCUT2D eigenvalue weighted by Crippen LogP contribution is 2.49. The Bertz CT molecular complexity index is 1110. The van der Waals surface area contributed by atoms with Gasteiger partial charge in [-0.1, -0.05) is 24.3 Å². The molecule has 0 aromatic heterocycles. The van der Waals surface area contributed by atoms with Crippen LogP contribution in [0.4, 0.5) is 21.0 Å². The molecule has 2 aromatic carbocycles. The molecule has 5 amide bonds. The normalized spacial score (nSPS) is 19.5. The molecule has 0 bridgehead atoms. The smallest absolute Gasteiger partial charge is 0.328 e. The molecule has 172 valence electrons. The third-order valence-corrected chi connectivity index (χ3v) is 6.90. The highest BCUT2D eigenvalue weighted by molar-refractivity contribution is 6.06. The summed E-state index contributed by atoms with van der Waals surface area (Å²) in [5.74, 6) is -0.244. The van der Waals surface area contributed by atoms with Crippen LogP contribution < -0.4 is 15.1 Å². The summed E-state index contributed by atoms with van der Waals surface area (Å²) in [7, 11) is 1.65. The summed E-state index contributed by atoms with van der Waals surface area (Å²) < 4.78 is 5.17. The summed E-state index contributed by atoms with van der Waals surface area (Å²) in [5.41, 5.74) is 4.61. The SMILES string of the molecule is COCCN1CC2(CC2)N(c2ccc(-c3cccc(N4CCC(=O)NC4=O)c3C)cc2)C1=O. The van der Waals surface area contributed by atoms with E-state index in [-0.39, 0.29) is 29.9 Å². The number of amides is 5. The average Bonchev–Trinajstić information content (AvgIpc) is 3.51. The lowest BCUT2D eigenvalue weighted by atomic mass is 9.98. The lowest BCUT2D eigenvalue weighted by Gasteiger charge is -2.28. The standard InChI is InChI=1S/C25H28N4O4/c1-17-20(4-3-5-21(17)28-13-10-22(30)26-23(28)31)18-6-8-19(9-7-18)29-24(32)27(14-15-33-2)16-25(29)11-12-25/h3-9H,10-16H2,1-2H3,(H,26,30,31). The van der Waals surface area contributed by atoms with Crippen molar-refractivity contribution in [2.75, 3.05) is 43.2 Å². The van der Waals surface area contributed by atoms with E-state index in [9.17, 15) is 14.4 Å². The number of benzene rings is 2. The van der Waals surface area contributed by atoms with Crippen LogP contribution in [-0.2, 0) is 9.53 Å². The van der Waals surface area contributed by atoms with Crippen molar-refractivity contribution >= 4 is 29.3 Å². The number of imide groups is 1. The molecule has 1 spiro atoms. The van der Waals surface area contributed by atoms with E-state index >= 15 is 0 Å². The van der Waals surface area contributed by atoms with E-state index in [0.29, 0.717) is 19.7 Å². The number of anilines is 2. The molecule has 2 heterocycles. The third-order valence-electron chi connectivity index (χ3n) is 6.90. The largest absolute Gasteiger partial charge is 0.383 e. The van der Waals surface area contributed by atoms with Gasteiger partial charge in [-0.3, -0.25) is 19.9 Å². The lowest BCUT2D eigenvalue weighted by molar-refractivity contribution is -0.120. The molecule has 1 aliphatic carbocycles. The summed E-state index contributed by atoms with van der Waals surface area (Å²) >= 11 is 0. The number of carbonyl (C=O) groups is 3. The molecule has 1 N–H and O–H groups in total. The summed E-state index contributed by atoms with van der Waals surface area (Å²) in [4.78, 5) is 42.4. The minimum absolute atomic E-state index is 0.0427. The highest BCUT2D eigenvalue weighted by atomic mass is 16.5. The van der Waals surface area contributed by atoms with Crippen LogP contribution in [0.5, 0.6) is 0 Å². The maximum atomic E-state index is 13.1. The van der Waals surface area contributed by atoms with Gasteiger partial charge in [0.05, 0.1) is 12.1 Å². The Labute approximate surface area is 193 Å². The quantitative estimate of drug-likeness (QED) is 0.733. The minimum Gasteiger partial charge on any atom is -0.383 e. The first kappa shape index (κ1) is 21.5. The summed E-state index contributed by atoms with van der Waals surface area (Å²) in [6.45, 7) is 4.24. The fourth-order valence-electron chi connectivity index (χ4n) is 4.94. The zero-order valence-electron chi connectivity index (χ0n) is 19.0. The van der Waals surface area contributed by atoms with Gasteiger partial charge in [-0.15, -0.1) is 0 Å². The van der Waals surface area contributed by atoms with E-state index in [1.54, 1.807) is 12.0 Å². The van der Waals surface area contributed by atoms with Gasteiger partial charge >= 0.3 is 12.1 Å². The predicted molar refractivity (Wildman–Crippen MR) is 125 cm³/mol. The zero-order chi connectivity index (χ0) is 23.2. The Morgan fingerprint density at radius 1 is 1.06 bits per heavy atom. The van der Waals surface area contributed by atoms with Crippen molar-refractivity contribution in [1.82, 2.24) is 10.2 Å². The number of methoxy groups -OCH3 is 1. The topological polar surface area (TPSA) is 82.2 Å². The fraction of sp³-hybridized carbons (Fsp3) is 0.400. The molecule has 33 heavy (non-hydrogen) atoms. The number of ether oxygens (including phenoxy) is 1. The molecule has 3 fully saturated rings. The molecule has 0 unspecified atom stereocenters. The molecule has 0 atom stereocenters. The Morgan fingerprint density at radius 2 is 1.82 bits per heavy atom. The van der Waals surface area contributed by atoms with E-state index in [2.05, 4.69) is 5.32 Å². The lowest BCUT2D eigenvalue weighted by Crippen LogP contribution is -2.49. The second kappa shape index (κ2) is 8.19. The maximum absolute atomic E-state index is 13.1. The fourth-order valence-corrected chi connectivity index (χ4v) is 4.94. The van der Waals surface area contributed by atoms with E-state index < -0.39 is 0 Å². The number of nitrogens with zero attached hydrogens (tertiary/aromatic N) is 3. The van der Waals surface area contributed by atoms with Gasteiger partial charge in [-0.25, -0.2) is 9.59 Å². The van der Waals surface area contributed by atoms with Gasteiger partial charge in [0.1, 0.15) is 0 Å². The van der Waals surface area contributed by atoms with E-state index in [1.807, 2.05) is 59.2 Å². The van der Waals surface area contributed by atoms with Crippen LogP contribution in [0.15, 0.2) is 42.5 Å². The molecule has 2 aromatic rings. The Kier molecular flexibility index (Phi) is 5.32. The molecule has 2 saturated heterocycles. The number of hydrogen-bond acceptors (Lipinski definition) is 4. The van der Waals surface area contributed by atoms with Crippen LogP contribution in [0.3, 0.4) is 0 Å². The van der Waals surface area contributed by atoms with Crippen LogP contribution in [0.2, 0.25) is 0 Å². The van der Waals surface area contributed by atoms with E-state index in [4.69, 9.17) is 4.74 Å². The first-order valence-corrected chi connectivity index (χ1v) is 11.3. The number of hydrogen-bond donors (Lipinski definition) is 1. The molecule has 5 rings (SSSR count). The summed E-state index contributed by atoms with van der Waals surface area (Å²) in [6.07, 6.45) is 2.33. The van der Waals surface area contributed by atoms with Crippen LogP contribution in [-0.4, -0.2) is 61.8 Å². The van der Waals surface area contributed by atoms with Gasteiger partial charge < -0.3 is 9.64 Å². The summed E-state index contributed by atoms with van der Waals surface area (Å²) in [6, 6.07) is 13.6. The first-order valence-electron chi connectivity index (χ1n) is 11.3. The third kappa shape index (κ3) is 3.74. The van der Waals surface area contributed by atoms with Crippen molar-refractivity contribution in [3.05, 3.63) is 48.0 Å². The first-order chi connectivity index (χ1) is 15.9. The average molecular weight is 449 g/mol. The number of rotatable bonds is 6. The van der Waals surface area contributed by atoms with Crippen molar-refractivity contribution in [3.63, 3.8) is 0 Å². The highest BCUT2D eigenvalue weighted by Gasteiger charge is 2.58. The molecule has 0 radical (unpaired) electrons. The predicted octanol–water partition coefficient (Wildman–Crippen LogP) is 3.53. The van der Waals surface area contributed by atoms with Crippen molar-refractivity contribution in [3.8, 4) is 11.1 Å². The van der Waals surface area contributed by atoms with Crippen molar-refractivity contribution in [2.45, 2.75) is 31.7 Å². The number of nitrogens with one attached hydrogen (secondary N) is 1. The van der Waals surface area contributed by atoms with Gasteiger partial charge in [-0.2, -0.15) is 0 Å². The monoisotopic (exact) mass is 448 g/mol. The Morgan fingerprint density at radius 3 is 2.48 bits per heavy atom.